The van der Waals surface area contributed by atoms with Crippen LogP contribution >= 0.6 is 23.2 Å². The van der Waals surface area contributed by atoms with Gasteiger partial charge in [0.05, 0.1) is 0 Å². The second kappa shape index (κ2) is 10.3. The van der Waals surface area contributed by atoms with E-state index < -0.39 is 0 Å². The summed E-state index contributed by atoms with van der Waals surface area (Å²) in [6, 6.07) is 15.4. The fraction of sp³-hybridized carbons (Fsp3) is 0.417. The molecule has 2 N–H and O–H groups in total. The number of halogens is 2. The van der Waals surface area contributed by atoms with Crippen molar-refractivity contribution in [3.63, 3.8) is 0 Å². The van der Waals surface area contributed by atoms with Gasteiger partial charge in [0.1, 0.15) is 5.78 Å². The average molecular weight is 432 g/mol. The molecule has 2 aliphatic carbocycles. The maximum absolute atomic E-state index is 11.7. The van der Waals surface area contributed by atoms with Crippen molar-refractivity contribution in [1.29, 1.82) is 0 Å². The minimum Gasteiger partial charge on any atom is -0.369 e. The van der Waals surface area contributed by atoms with Crippen molar-refractivity contribution < 1.29 is 9.59 Å². The highest BCUT2D eigenvalue weighted by Gasteiger charge is 2.33. The zero-order chi connectivity index (χ0) is 20.8. The highest BCUT2D eigenvalue weighted by Crippen LogP contribution is 2.41. The molecule has 0 aromatic heterocycles. The molecular formula is C24H27Cl2NO2. The Morgan fingerprint density at radius 1 is 0.828 bits per heavy atom. The molecule has 0 spiro atoms. The molecule has 4 rings (SSSR count). The number of benzene rings is 2. The summed E-state index contributed by atoms with van der Waals surface area (Å²) in [6.07, 6.45) is 6.83. The topological polar surface area (TPSA) is 60.2 Å². The van der Waals surface area contributed by atoms with Crippen LogP contribution in [0.1, 0.15) is 67.9 Å². The molecule has 2 saturated carbocycles. The number of nitrogens with two attached hydrogens (primary N) is 1. The van der Waals surface area contributed by atoms with Crippen LogP contribution in [0.15, 0.2) is 48.5 Å². The number of hydrogen-bond donors (Lipinski definition) is 1. The van der Waals surface area contributed by atoms with Crippen molar-refractivity contribution in [2.75, 3.05) is 0 Å². The predicted octanol–water partition coefficient (Wildman–Crippen LogP) is 6.28. The summed E-state index contributed by atoms with van der Waals surface area (Å²) in [5.41, 5.74) is 7.48. The first-order valence-electron chi connectivity index (χ1n) is 10.3. The average Bonchev–Trinajstić information content (AvgIpc) is 3.20. The number of hydrogen-bond acceptors (Lipinski definition) is 2. The van der Waals surface area contributed by atoms with Gasteiger partial charge in [-0.2, -0.15) is 0 Å². The summed E-state index contributed by atoms with van der Waals surface area (Å²) in [5, 5.41) is 1.48. The lowest BCUT2D eigenvalue weighted by atomic mass is 9.83. The summed E-state index contributed by atoms with van der Waals surface area (Å²) in [7, 11) is 0. The van der Waals surface area contributed by atoms with Crippen LogP contribution < -0.4 is 5.73 Å². The molecule has 0 aliphatic heterocycles. The van der Waals surface area contributed by atoms with E-state index >= 15 is 0 Å². The van der Waals surface area contributed by atoms with E-state index in [0.29, 0.717) is 5.78 Å². The van der Waals surface area contributed by atoms with E-state index in [1.807, 2.05) is 48.5 Å². The standard InChI is InChI=1S/C12H14ClNO.C12H13ClO/c13-11-7-2-1-4-9(11)8-5-3-6-10(8)12(14)15;13-11-7-3-1-5-9(11)10-6-2-4-8-12(10)14/h1-2,4,7-8,10H,3,5-6H2,(H2,14,15);1,3,5,7,10H,2,4,6,8H2. The van der Waals surface area contributed by atoms with Crippen LogP contribution in [0, 0.1) is 5.92 Å². The molecule has 154 valence electrons. The molecule has 5 heteroatoms. The molecule has 2 aromatic rings. The van der Waals surface area contributed by atoms with Crippen molar-refractivity contribution in [2.24, 2.45) is 11.7 Å². The van der Waals surface area contributed by atoms with Crippen molar-refractivity contribution in [2.45, 2.75) is 56.8 Å². The molecule has 29 heavy (non-hydrogen) atoms. The Morgan fingerprint density at radius 2 is 1.45 bits per heavy atom. The maximum atomic E-state index is 11.7. The number of carbonyl (C=O) groups is 2. The van der Waals surface area contributed by atoms with Gasteiger partial charge in [0.2, 0.25) is 5.91 Å². The number of primary amides is 1. The Labute approximate surface area is 182 Å². The summed E-state index contributed by atoms with van der Waals surface area (Å²) in [6.45, 7) is 0. The Hall–Kier alpha value is -1.84. The zero-order valence-electron chi connectivity index (χ0n) is 16.5. The molecule has 0 saturated heterocycles. The van der Waals surface area contributed by atoms with E-state index in [-0.39, 0.29) is 23.7 Å². The lowest BCUT2D eigenvalue weighted by Gasteiger charge is -2.21. The summed E-state index contributed by atoms with van der Waals surface area (Å²) in [4.78, 5) is 23.0. The van der Waals surface area contributed by atoms with Crippen LogP contribution in [0.4, 0.5) is 0 Å². The first-order valence-corrected chi connectivity index (χ1v) is 11.1. The number of amides is 1. The van der Waals surface area contributed by atoms with Crippen LogP contribution in [0.2, 0.25) is 10.0 Å². The quantitative estimate of drug-likeness (QED) is 0.621. The highest BCUT2D eigenvalue weighted by molar-refractivity contribution is 6.31. The van der Waals surface area contributed by atoms with Gasteiger partial charge in [-0.05, 0) is 54.9 Å². The van der Waals surface area contributed by atoms with Gasteiger partial charge in [-0.3, -0.25) is 9.59 Å². The maximum Gasteiger partial charge on any atom is 0.221 e. The van der Waals surface area contributed by atoms with E-state index in [2.05, 4.69) is 0 Å². The fourth-order valence-corrected chi connectivity index (χ4v) is 5.06. The molecule has 3 atom stereocenters. The van der Waals surface area contributed by atoms with E-state index in [1.54, 1.807) is 0 Å². The van der Waals surface area contributed by atoms with Gasteiger partial charge >= 0.3 is 0 Å². The third kappa shape index (κ3) is 5.40. The Kier molecular flexibility index (Phi) is 7.74. The molecule has 0 heterocycles. The van der Waals surface area contributed by atoms with E-state index in [9.17, 15) is 9.59 Å². The third-order valence-corrected chi connectivity index (χ3v) is 6.71. The van der Waals surface area contributed by atoms with Crippen LogP contribution in [0.5, 0.6) is 0 Å². The molecule has 3 unspecified atom stereocenters. The minimum atomic E-state index is -0.197. The van der Waals surface area contributed by atoms with Crippen molar-refractivity contribution in [1.82, 2.24) is 0 Å². The second-order valence-corrected chi connectivity index (χ2v) is 8.67. The van der Waals surface area contributed by atoms with Gasteiger partial charge in [0.25, 0.3) is 0 Å². The number of carbonyl (C=O) groups excluding carboxylic acids is 2. The highest BCUT2D eigenvalue weighted by atomic mass is 35.5. The van der Waals surface area contributed by atoms with Crippen molar-refractivity contribution in [3.05, 3.63) is 69.7 Å². The van der Waals surface area contributed by atoms with Gasteiger partial charge in [0, 0.05) is 28.3 Å². The fourth-order valence-electron chi connectivity index (χ4n) is 4.52. The molecular weight excluding hydrogens is 405 g/mol. The van der Waals surface area contributed by atoms with Gasteiger partial charge in [-0.1, -0.05) is 72.4 Å². The summed E-state index contributed by atoms with van der Waals surface area (Å²) >= 11 is 12.2. The largest absolute Gasteiger partial charge is 0.369 e. The van der Waals surface area contributed by atoms with Crippen molar-refractivity contribution >= 4 is 34.9 Å². The summed E-state index contributed by atoms with van der Waals surface area (Å²) < 4.78 is 0. The summed E-state index contributed by atoms with van der Waals surface area (Å²) in [5.74, 6) is 0.389. The van der Waals surface area contributed by atoms with E-state index in [1.165, 1.54) is 0 Å². The van der Waals surface area contributed by atoms with Crippen molar-refractivity contribution in [3.8, 4) is 0 Å². The van der Waals surface area contributed by atoms with Crippen LogP contribution in [0.25, 0.3) is 0 Å². The SMILES string of the molecule is NC(=O)C1CCCC1c1ccccc1Cl.O=C1CCCCC1c1ccccc1Cl. The Morgan fingerprint density at radius 3 is 2.03 bits per heavy atom. The molecule has 0 radical (unpaired) electrons. The normalized spacial score (nSPS) is 23.9. The third-order valence-electron chi connectivity index (χ3n) is 6.02. The molecule has 1 amide bonds. The van der Waals surface area contributed by atoms with Gasteiger partial charge < -0.3 is 5.73 Å². The van der Waals surface area contributed by atoms with Gasteiger partial charge in [0.15, 0.2) is 0 Å². The Bertz CT molecular complexity index is 867. The number of rotatable bonds is 3. The monoisotopic (exact) mass is 431 g/mol. The molecule has 3 nitrogen and oxygen atoms in total. The first kappa shape index (κ1) is 21.9. The smallest absolute Gasteiger partial charge is 0.221 e. The number of ketones is 1. The number of Topliss-reactive ketones (excluding diaryl/α,β-unsaturated/α-hetero) is 1. The lowest BCUT2D eigenvalue weighted by molar-refractivity contribution is -0.122. The molecule has 2 fully saturated rings. The molecule has 2 aliphatic rings. The minimum absolute atomic E-state index is 0.0371. The van der Waals surface area contributed by atoms with Crippen LogP contribution in [-0.2, 0) is 9.59 Å². The Balaban J connectivity index is 0.000000166. The van der Waals surface area contributed by atoms with Crippen LogP contribution in [0.3, 0.4) is 0 Å². The van der Waals surface area contributed by atoms with Crippen LogP contribution in [-0.4, -0.2) is 11.7 Å². The lowest BCUT2D eigenvalue weighted by Crippen LogP contribution is -2.25. The van der Waals surface area contributed by atoms with Gasteiger partial charge in [-0.25, -0.2) is 0 Å². The van der Waals surface area contributed by atoms with Gasteiger partial charge in [-0.15, -0.1) is 0 Å². The van der Waals surface area contributed by atoms with E-state index in [4.69, 9.17) is 28.9 Å². The predicted molar refractivity (Wildman–Crippen MR) is 118 cm³/mol. The first-order chi connectivity index (χ1) is 14.0. The molecule has 2 aromatic carbocycles. The second-order valence-electron chi connectivity index (χ2n) is 7.85. The zero-order valence-corrected chi connectivity index (χ0v) is 18.0. The molecule has 0 bridgehead atoms. The van der Waals surface area contributed by atoms with E-state index in [0.717, 1.165) is 66.1 Å².